The van der Waals surface area contributed by atoms with Gasteiger partial charge in [-0.25, -0.2) is 0 Å². The van der Waals surface area contributed by atoms with E-state index in [9.17, 15) is 19.2 Å². The van der Waals surface area contributed by atoms with E-state index in [4.69, 9.17) is 10.8 Å². The standard InChI is InChI=1S/C16H18N2O5/c1-2-4-9-5-3-6-10-13(9)16(23)18(15(10)22)11(14(17)21)7-8-12(19)20/h3,5-6,11H,2,4,7-8H2,1H3,(H2,17,21)(H,19,20). The number of imide groups is 1. The molecule has 1 aromatic rings. The molecule has 0 radical (unpaired) electrons. The second-order valence-corrected chi connectivity index (χ2v) is 5.42. The third-order valence-corrected chi connectivity index (χ3v) is 3.82. The number of nitrogens with zero attached hydrogens (tertiary/aromatic N) is 1. The highest BCUT2D eigenvalue weighted by Gasteiger charge is 2.43. The van der Waals surface area contributed by atoms with Gasteiger partial charge in [0.15, 0.2) is 0 Å². The average molecular weight is 318 g/mol. The molecule has 1 aromatic carbocycles. The summed E-state index contributed by atoms with van der Waals surface area (Å²) in [7, 11) is 0. The molecule has 0 aromatic heterocycles. The van der Waals surface area contributed by atoms with Crippen molar-refractivity contribution in [3.63, 3.8) is 0 Å². The first-order chi connectivity index (χ1) is 10.9. The Bertz CT molecular complexity index is 683. The molecule has 7 heteroatoms. The van der Waals surface area contributed by atoms with E-state index >= 15 is 0 Å². The van der Waals surface area contributed by atoms with E-state index in [1.54, 1.807) is 12.1 Å². The average Bonchev–Trinajstić information content (AvgIpc) is 2.73. The number of carboxylic acids is 1. The quantitative estimate of drug-likeness (QED) is 0.726. The summed E-state index contributed by atoms with van der Waals surface area (Å²) in [6, 6.07) is 3.74. The summed E-state index contributed by atoms with van der Waals surface area (Å²) >= 11 is 0. The number of aryl methyl sites for hydroxylation is 1. The molecule has 23 heavy (non-hydrogen) atoms. The van der Waals surface area contributed by atoms with Gasteiger partial charge in [0.25, 0.3) is 11.8 Å². The lowest BCUT2D eigenvalue weighted by molar-refractivity contribution is -0.137. The van der Waals surface area contributed by atoms with Crippen LogP contribution in [0.4, 0.5) is 0 Å². The third kappa shape index (κ3) is 3.08. The number of carbonyl (C=O) groups is 4. The van der Waals surface area contributed by atoms with Crippen molar-refractivity contribution in [1.29, 1.82) is 0 Å². The second-order valence-electron chi connectivity index (χ2n) is 5.42. The van der Waals surface area contributed by atoms with Crippen molar-refractivity contribution < 1.29 is 24.3 Å². The Labute approximate surface area is 133 Å². The summed E-state index contributed by atoms with van der Waals surface area (Å²) in [5, 5.41) is 8.77. The zero-order valence-corrected chi connectivity index (χ0v) is 12.7. The van der Waals surface area contributed by atoms with E-state index < -0.39 is 29.7 Å². The van der Waals surface area contributed by atoms with E-state index in [1.807, 2.05) is 6.92 Å². The van der Waals surface area contributed by atoms with Crippen LogP contribution in [-0.4, -0.2) is 39.7 Å². The normalized spacial score (nSPS) is 14.7. The maximum atomic E-state index is 12.6. The van der Waals surface area contributed by atoms with Gasteiger partial charge >= 0.3 is 5.97 Å². The van der Waals surface area contributed by atoms with Gasteiger partial charge in [-0.15, -0.1) is 0 Å². The number of nitrogens with two attached hydrogens (primary N) is 1. The van der Waals surface area contributed by atoms with Crippen molar-refractivity contribution in [2.45, 2.75) is 38.6 Å². The van der Waals surface area contributed by atoms with Crippen molar-refractivity contribution >= 4 is 23.7 Å². The van der Waals surface area contributed by atoms with Crippen molar-refractivity contribution in [3.05, 3.63) is 34.9 Å². The zero-order chi connectivity index (χ0) is 17.1. The smallest absolute Gasteiger partial charge is 0.303 e. The maximum absolute atomic E-state index is 12.6. The summed E-state index contributed by atoms with van der Waals surface area (Å²) < 4.78 is 0. The van der Waals surface area contributed by atoms with Gasteiger partial charge in [0, 0.05) is 6.42 Å². The molecule has 0 aliphatic carbocycles. The molecule has 3 amide bonds. The highest BCUT2D eigenvalue weighted by molar-refractivity contribution is 6.23. The Balaban J connectivity index is 2.40. The lowest BCUT2D eigenvalue weighted by Gasteiger charge is -2.22. The monoisotopic (exact) mass is 318 g/mol. The van der Waals surface area contributed by atoms with Gasteiger partial charge in [-0.3, -0.25) is 24.1 Å². The van der Waals surface area contributed by atoms with E-state index in [-0.39, 0.29) is 18.4 Å². The Morgan fingerprint density at radius 1 is 1.26 bits per heavy atom. The fourth-order valence-corrected chi connectivity index (χ4v) is 2.79. The molecule has 0 spiro atoms. The number of hydrogen-bond acceptors (Lipinski definition) is 4. The molecular formula is C16H18N2O5. The molecular weight excluding hydrogens is 300 g/mol. The number of aliphatic carboxylic acids is 1. The predicted molar refractivity (Wildman–Crippen MR) is 80.8 cm³/mol. The van der Waals surface area contributed by atoms with Gasteiger partial charge in [-0.1, -0.05) is 25.5 Å². The van der Waals surface area contributed by atoms with Crippen molar-refractivity contribution in [2.24, 2.45) is 5.73 Å². The highest BCUT2D eigenvalue weighted by atomic mass is 16.4. The first kappa shape index (κ1) is 16.7. The number of amides is 3. The summed E-state index contributed by atoms with van der Waals surface area (Å²) in [6.45, 7) is 1.96. The topological polar surface area (TPSA) is 118 Å². The number of carboxylic acid groups (broad SMARTS) is 1. The van der Waals surface area contributed by atoms with Crippen LogP contribution in [0.15, 0.2) is 18.2 Å². The van der Waals surface area contributed by atoms with Crippen LogP contribution in [-0.2, 0) is 16.0 Å². The van der Waals surface area contributed by atoms with Gasteiger partial charge in [-0.2, -0.15) is 0 Å². The molecule has 1 heterocycles. The Morgan fingerprint density at radius 3 is 2.52 bits per heavy atom. The van der Waals surface area contributed by atoms with Crippen LogP contribution in [0, 0.1) is 0 Å². The minimum Gasteiger partial charge on any atom is -0.481 e. The maximum Gasteiger partial charge on any atom is 0.303 e. The Hall–Kier alpha value is -2.70. The number of primary amides is 1. The van der Waals surface area contributed by atoms with Crippen LogP contribution in [0.1, 0.15) is 52.5 Å². The molecule has 3 N–H and O–H groups in total. The third-order valence-electron chi connectivity index (χ3n) is 3.82. The number of hydrogen-bond donors (Lipinski definition) is 2. The van der Waals surface area contributed by atoms with Crippen molar-refractivity contribution in [1.82, 2.24) is 4.90 Å². The van der Waals surface area contributed by atoms with Crippen molar-refractivity contribution in [3.8, 4) is 0 Å². The van der Waals surface area contributed by atoms with E-state index in [1.165, 1.54) is 6.07 Å². The largest absolute Gasteiger partial charge is 0.481 e. The summed E-state index contributed by atoms with van der Waals surface area (Å²) in [4.78, 5) is 48.3. The number of benzene rings is 1. The summed E-state index contributed by atoms with van der Waals surface area (Å²) in [6.07, 6.45) is 0.880. The van der Waals surface area contributed by atoms with Crippen LogP contribution in [0.3, 0.4) is 0 Å². The number of fused-ring (bicyclic) bond motifs is 1. The molecule has 1 atom stereocenters. The Morgan fingerprint density at radius 2 is 1.96 bits per heavy atom. The van der Waals surface area contributed by atoms with Crippen LogP contribution in [0.5, 0.6) is 0 Å². The zero-order valence-electron chi connectivity index (χ0n) is 12.7. The first-order valence-corrected chi connectivity index (χ1v) is 7.39. The minimum absolute atomic E-state index is 0.195. The van der Waals surface area contributed by atoms with E-state index in [0.717, 1.165) is 16.9 Å². The molecule has 1 aliphatic rings. The van der Waals surface area contributed by atoms with Crippen LogP contribution in [0.25, 0.3) is 0 Å². The van der Waals surface area contributed by atoms with Gasteiger partial charge in [0.2, 0.25) is 5.91 Å². The molecule has 122 valence electrons. The predicted octanol–water partition coefficient (Wildman–Crippen LogP) is 0.954. The highest BCUT2D eigenvalue weighted by Crippen LogP contribution is 2.29. The minimum atomic E-state index is -1.26. The molecule has 2 rings (SSSR count). The van der Waals surface area contributed by atoms with Crippen LogP contribution >= 0.6 is 0 Å². The fraction of sp³-hybridized carbons (Fsp3) is 0.375. The molecule has 0 fully saturated rings. The molecule has 0 saturated carbocycles. The molecule has 1 aliphatic heterocycles. The lowest BCUT2D eigenvalue weighted by Crippen LogP contribution is -2.48. The fourth-order valence-electron chi connectivity index (χ4n) is 2.79. The van der Waals surface area contributed by atoms with E-state index in [0.29, 0.717) is 12.0 Å². The Kier molecular flexibility index (Phi) is 4.78. The SMILES string of the molecule is CCCc1cccc2c1C(=O)N(C(CCC(=O)O)C(N)=O)C2=O. The van der Waals surface area contributed by atoms with E-state index in [2.05, 4.69) is 0 Å². The number of rotatable bonds is 7. The number of carbonyl (C=O) groups excluding carboxylic acids is 3. The summed E-state index contributed by atoms with van der Waals surface area (Å²) in [5.41, 5.74) is 6.55. The van der Waals surface area contributed by atoms with Gasteiger partial charge in [0.05, 0.1) is 11.1 Å². The first-order valence-electron chi connectivity index (χ1n) is 7.39. The second kappa shape index (κ2) is 6.60. The van der Waals surface area contributed by atoms with Gasteiger partial charge in [-0.05, 0) is 24.5 Å². The lowest BCUT2D eigenvalue weighted by atomic mass is 9.99. The van der Waals surface area contributed by atoms with Crippen LogP contribution in [0.2, 0.25) is 0 Å². The molecule has 0 bridgehead atoms. The molecule has 1 unspecified atom stereocenters. The van der Waals surface area contributed by atoms with Crippen molar-refractivity contribution in [2.75, 3.05) is 0 Å². The van der Waals surface area contributed by atoms with Crippen LogP contribution < -0.4 is 5.73 Å². The molecule has 7 nitrogen and oxygen atoms in total. The van der Waals surface area contributed by atoms with Gasteiger partial charge in [0.1, 0.15) is 6.04 Å². The molecule has 0 saturated heterocycles. The summed E-state index contributed by atoms with van der Waals surface area (Å²) in [5.74, 6) is -3.20. The van der Waals surface area contributed by atoms with Gasteiger partial charge < -0.3 is 10.8 Å².